The van der Waals surface area contributed by atoms with Crippen molar-refractivity contribution < 1.29 is 19.7 Å². The lowest BCUT2D eigenvalue weighted by atomic mass is 10.1. The number of aliphatic hydroxyl groups excluding tert-OH is 1. The third kappa shape index (κ3) is 2.87. The summed E-state index contributed by atoms with van der Waals surface area (Å²) in [4.78, 5) is 0. The molecule has 108 valence electrons. The van der Waals surface area contributed by atoms with Crippen LogP contribution in [0.2, 0.25) is 0 Å². The van der Waals surface area contributed by atoms with Crippen molar-refractivity contribution in [2.24, 2.45) is 0 Å². The summed E-state index contributed by atoms with van der Waals surface area (Å²) in [5.41, 5.74) is -0.781. The molecule has 0 fully saturated rings. The molecule has 0 radical (unpaired) electrons. The molecule has 2 rings (SSSR count). The van der Waals surface area contributed by atoms with Gasteiger partial charge in [-0.1, -0.05) is 6.07 Å². The van der Waals surface area contributed by atoms with E-state index in [0.717, 1.165) is 0 Å². The Hall–Kier alpha value is -1.37. The summed E-state index contributed by atoms with van der Waals surface area (Å²) >= 11 is 3.26. The molecule has 4 nitrogen and oxygen atoms in total. The van der Waals surface area contributed by atoms with Crippen LogP contribution in [0.15, 0.2) is 28.7 Å². The molecule has 0 aliphatic rings. The topological polar surface area (TPSA) is 72.7 Å². The Morgan fingerprint density at radius 3 is 2.55 bits per heavy atom. The van der Waals surface area contributed by atoms with Crippen LogP contribution < -0.4 is 5.32 Å². The number of phenolic OH excluding ortho intramolecular Hbond substituents is 1. The molecule has 2 aromatic carbocycles. The van der Waals surface area contributed by atoms with Crippen LogP contribution in [0.25, 0.3) is 10.8 Å². The molecular weight excluding hydrogens is 329 g/mol. The first-order valence-corrected chi connectivity index (χ1v) is 6.77. The summed E-state index contributed by atoms with van der Waals surface area (Å²) < 4.78 is 13.8. The minimum Gasteiger partial charge on any atom is -0.504 e. The van der Waals surface area contributed by atoms with Crippen LogP contribution in [-0.4, -0.2) is 27.1 Å². The predicted octanol–water partition coefficient (Wildman–Crippen LogP) is 2.95. The molecule has 2 aromatic rings. The quantitative estimate of drug-likeness (QED) is 0.646. The number of hydrogen-bond acceptors (Lipinski definition) is 4. The summed E-state index contributed by atoms with van der Waals surface area (Å²) in [6.07, 6.45) is -1.17. The lowest BCUT2D eigenvalue weighted by Gasteiger charge is -2.26. The van der Waals surface area contributed by atoms with Gasteiger partial charge in [0, 0.05) is 15.5 Å². The highest BCUT2D eigenvalue weighted by Gasteiger charge is 2.24. The minimum atomic E-state index is -1.31. The number of aromatic hydroxyl groups is 1. The number of nitrogens with one attached hydrogen (secondary N) is 1. The van der Waals surface area contributed by atoms with Crippen molar-refractivity contribution in [1.29, 1.82) is 0 Å². The lowest BCUT2D eigenvalue weighted by Crippen LogP contribution is -2.41. The number of hydrogen-bond donors (Lipinski definition) is 4. The maximum Gasteiger partial charge on any atom is 0.165 e. The Kier molecular flexibility index (Phi) is 3.90. The molecule has 1 unspecified atom stereocenters. The van der Waals surface area contributed by atoms with Gasteiger partial charge in [-0.25, -0.2) is 4.39 Å². The number of halogens is 2. The molecule has 0 amide bonds. The van der Waals surface area contributed by atoms with E-state index < -0.39 is 23.4 Å². The van der Waals surface area contributed by atoms with Crippen LogP contribution in [0.1, 0.15) is 13.8 Å². The van der Waals surface area contributed by atoms with Gasteiger partial charge in [-0.3, -0.25) is 0 Å². The molecule has 0 spiro atoms. The van der Waals surface area contributed by atoms with E-state index in [1.807, 2.05) is 0 Å². The van der Waals surface area contributed by atoms with E-state index >= 15 is 0 Å². The molecular formula is C14H15BrFNO3. The molecule has 0 saturated heterocycles. The molecule has 0 saturated carbocycles. The van der Waals surface area contributed by atoms with Crippen LogP contribution in [-0.2, 0) is 0 Å². The molecule has 1 atom stereocenters. The second-order valence-corrected chi connectivity index (χ2v) is 6.01. The highest BCUT2D eigenvalue weighted by Crippen LogP contribution is 2.36. The smallest absolute Gasteiger partial charge is 0.165 e. The van der Waals surface area contributed by atoms with E-state index in [2.05, 4.69) is 21.2 Å². The van der Waals surface area contributed by atoms with Gasteiger partial charge >= 0.3 is 0 Å². The van der Waals surface area contributed by atoms with Crippen molar-refractivity contribution in [3.63, 3.8) is 0 Å². The van der Waals surface area contributed by atoms with Crippen LogP contribution in [0.5, 0.6) is 5.75 Å². The second-order valence-electron chi connectivity index (χ2n) is 5.15. The largest absolute Gasteiger partial charge is 0.504 e. The van der Waals surface area contributed by atoms with Crippen molar-refractivity contribution in [2.75, 3.05) is 5.32 Å². The number of anilines is 1. The minimum absolute atomic E-state index is 0.355. The fraction of sp³-hybridized carbons (Fsp3) is 0.286. The Bertz CT molecular complexity index is 655. The van der Waals surface area contributed by atoms with Gasteiger partial charge in [0.05, 0.1) is 0 Å². The van der Waals surface area contributed by atoms with E-state index in [9.17, 15) is 19.7 Å². The standard InChI is InChI=1S/C14H15BrFNO3/c1-14(2,20)13(19)17-8-5-7-3-4-10(16)12(18)11(7)9(15)6-8/h3-6,13,17-20H,1-2H3. The molecule has 4 N–H and O–H groups in total. The monoisotopic (exact) mass is 343 g/mol. The fourth-order valence-electron chi connectivity index (χ4n) is 1.79. The van der Waals surface area contributed by atoms with Crippen molar-refractivity contribution in [3.8, 4) is 5.75 Å². The van der Waals surface area contributed by atoms with Gasteiger partial charge in [0.25, 0.3) is 0 Å². The maximum absolute atomic E-state index is 13.3. The van der Waals surface area contributed by atoms with Crippen molar-refractivity contribution in [3.05, 3.63) is 34.6 Å². The molecule has 0 heterocycles. The third-order valence-corrected chi connectivity index (χ3v) is 3.59. The summed E-state index contributed by atoms with van der Waals surface area (Å²) in [6, 6.07) is 5.93. The van der Waals surface area contributed by atoms with Gasteiger partial charge in [0.1, 0.15) is 5.60 Å². The average Bonchev–Trinajstić information content (AvgIpc) is 2.32. The zero-order chi connectivity index (χ0) is 15.1. The summed E-state index contributed by atoms with van der Waals surface area (Å²) in [5.74, 6) is -1.13. The Balaban J connectivity index is 2.47. The first kappa shape index (κ1) is 15.0. The van der Waals surface area contributed by atoms with Crippen LogP contribution in [0, 0.1) is 5.82 Å². The normalized spacial score (nSPS) is 13.5. The average molecular weight is 344 g/mol. The molecule has 0 aliphatic heterocycles. The summed E-state index contributed by atoms with van der Waals surface area (Å²) in [5, 5.41) is 32.9. The number of benzene rings is 2. The third-order valence-electron chi connectivity index (χ3n) is 2.97. The number of fused-ring (bicyclic) bond motifs is 1. The van der Waals surface area contributed by atoms with E-state index in [1.165, 1.54) is 26.0 Å². The predicted molar refractivity (Wildman–Crippen MR) is 79.2 cm³/mol. The molecule has 20 heavy (non-hydrogen) atoms. The van der Waals surface area contributed by atoms with Crippen molar-refractivity contribution in [1.82, 2.24) is 0 Å². The highest BCUT2D eigenvalue weighted by atomic mass is 79.9. The number of aliphatic hydroxyl groups is 2. The van der Waals surface area contributed by atoms with Crippen LogP contribution in [0.3, 0.4) is 0 Å². The Morgan fingerprint density at radius 2 is 1.95 bits per heavy atom. The highest BCUT2D eigenvalue weighted by molar-refractivity contribution is 9.10. The molecule has 0 aromatic heterocycles. The Labute approximate surface area is 124 Å². The summed E-state index contributed by atoms with van der Waals surface area (Å²) in [7, 11) is 0. The van der Waals surface area contributed by atoms with E-state index in [4.69, 9.17) is 0 Å². The Morgan fingerprint density at radius 1 is 1.30 bits per heavy atom. The van der Waals surface area contributed by atoms with E-state index in [-0.39, 0.29) is 0 Å². The van der Waals surface area contributed by atoms with Crippen LogP contribution in [0.4, 0.5) is 10.1 Å². The van der Waals surface area contributed by atoms with Crippen molar-refractivity contribution >= 4 is 32.4 Å². The van der Waals surface area contributed by atoms with Gasteiger partial charge in [0.2, 0.25) is 0 Å². The van der Waals surface area contributed by atoms with Gasteiger partial charge in [0.15, 0.2) is 17.8 Å². The molecule has 6 heteroatoms. The molecule has 0 aliphatic carbocycles. The van der Waals surface area contributed by atoms with Crippen molar-refractivity contribution in [2.45, 2.75) is 25.7 Å². The maximum atomic E-state index is 13.3. The van der Waals surface area contributed by atoms with Crippen LogP contribution >= 0.6 is 15.9 Å². The van der Waals surface area contributed by atoms with Gasteiger partial charge < -0.3 is 20.6 Å². The second kappa shape index (κ2) is 5.20. The lowest BCUT2D eigenvalue weighted by molar-refractivity contribution is -0.0326. The number of phenols is 1. The zero-order valence-electron chi connectivity index (χ0n) is 11.0. The van der Waals surface area contributed by atoms with Gasteiger partial charge in [-0.15, -0.1) is 0 Å². The molecule has 0 bridgehead atoms. The van der Waals surface area contributed by atoms with Gasteiger partial charge in [-0.05, 0) is 53.4 Å². The summed E-state index contributed by atoms with van der Waals surface area (Å²) in [6.45, 7) is 2.95. The number of rotatable bonds is 3. The van der Waals surface area contributed by atoms with E-state index in [1.54, 1.807) is 12.1 Å². The SMILES string of the molecule is CC(C)(O)C(O)Nc1cc(Br)c2c(O)c(F)ccc2c1. The zero-order valence-corrected chi connectivity index (χ0v) is 12.6. The first-order chi connectivity index (χ1) is 9.20. The fourth-order valence-corrected chi connectivity index (χ4v) is 2.45. The van der Waals surface area contributed by atoms with E-state index in [0.29, 0.717) is 20.9 Å². The first-order valence-electron chi connectivity index (χ1n) is 5.98. The van der Waals surface area contributed by atoms with Gasteiger partial charge in [-0.2, -0.15) is 0 Å².